The summed E-state index contributed by atoms with van der Waals surface area (Å²) in [5, 5.41) is -2.67. The fraction of sp³-hybridized carbons (Fsp3) is 1.00. The Bertz CT molecular complexity index is 212. The average Bonchev–Trinajstić information content (AvgIpc) is 2.09. The van der Waals surface area contributed by atoms with Gasteiger partial charge in [0.25, 0.3) is 0 Å². The molecule has 2 nitrogen and oxygen atoms in total. The van der Waals surface area contributed by atoms with E-state index >= 15 is 0 Å². The van der Waals surface area contributed by atoms with Crippen molar-refractivity contribution in [1.29, 1.82) is 0 Å². The van der Waals surface area contributed by atoms with Crippen molar-refractivity contribution in [3.63, 3.8) is 0 Å². The van der Waals surface area contributed by atoms with Gasteiger partial charge in [0, 0.05) is 0 Å². The standard InChI is InChI=1S/C4H9O2.2C3H9P.ClH.W/c1-5-3-4-6-2;2*1-4(2)3;;/h3H,4H2,1-2H3;2*1-3H3;1H;/q;;;;-1/p+1. The third-order valence-electron chi connectivity index (χ3n) is 2.71. The second kappa shape index (κ2) is 6.27. The van der Waals surface area contributed by atoms with Crippen LogP contribution in [0.1, 0.15) is 0 Å². The molecule has 0 aliphatic rings. The molecule has 0 aromatic carbocycles. The summed E-state index contributed by atoms with van der Waals surface area (Å²) in [4.78, 5) is 0. The van der Waals surface area contributed by atoms with Gasteiger partial charge in [0.05, 0.1) is 0 Å². The Balaban J connectivity index is 5.39. The van der Waals surface area contributed by atoms with Crippen LogP contribution >= 0.6 is 20.1 Å². The van der Waals surface area contributed by atoms with Gasteiger partial charge in [-0.15, -0.1) is 0 Å². The van der Waals surface area contributed by atoms with Crippen LogP contribution in [-0.4, -0.2) is 65.3 Å². The molecule has 0 saturated heterocycles. The predicted molar refractivity (Wildman–Crippen MR) is 80.7 cm³/mol. The first-order valence-corrected chi connectivity index (χ1v) is 26.5. The van der Waals surface area contributed by atoms with Crippen LogP contribution in [0.2, 0.25) is 0 Å². The normalized spacial score (nSPS) is 23.3. The van der Waals surface area contributed by atoms with E-state index in [9.17, 15) is 0 Å². The number of halogens is 1. The van der Waals surface area contributed by atoms with E-state index in [4.69, 9.17) is 18.9 Å². The van der Waals surface area contributed by atoms with Crippen LogP contribution in [0, 0.1) is 0 Å². The van der Waals surface area contributed by atoms with Crippen molar-refractivity contribution < 1.29 is 23.5 Å². The van der Waals surface area contributed by atoms with E-state index in [-0.39, 0.29) is 4.49 Å². The molecular weight excluding hydrogens is 433 g/mol. The molecule has 104 valence electrons. The molecule has 0 aliphatic carbocycles. The fourth-order valence-electron chi connectivity index (χ4n) is 2.14. The molecule has 0 heterocycles. The van der Waals surface area contributed by atoms with Crippen molar-refractivity contribution in [1.82, 2.24) is 0 Å². The summed E-state index contributed by atoms with van der Waals surface area (Å²) in [5.74, 6) is 0. The van der Waals surface area contributed by atoms with Crippen molar-refractivity contribution >= 4 is 20.1 Å². The van der Waals surface area contributed by atoms with Gasteiger partial charge >= 0.3 is 109 Å². The third kappa shape index (κ3) is 3.63. The van der Waals surface area contributed by atoms with Gasteiger partial charge in [-0.3, -0.25) is 0 Å². The quantitative estimate of drug-likeness (QED) is 0.565. The van der Waals surface area contributed by atoms with Crippen LogP contribution in [0.4, 0.5) is 0 Å². The molecule has 6 heteroatoms. The fourth-order valence-corrected chi connectivity index (χ4v) is 93.3. The van der Waals surface area contributed by atoms with E-state index in [0.717, 1.165) is 0 Å². The van der Waals surface area contributed by atoms with Crippen LogP contribution < -0.4 is 0 Å². The van der Waals surface area contributed by atoms with E-state index < -0.39 is 24.7 Å². The van der Waals surface area contributed by atoms with Crippen LogP contribution in [0.5, 0.6) is 0 Å². The molecule has 0 radical (unpaired) electrons. The molecule has 0 amide bonds. The van der Waals surface area contributed by atoms with Crippen LogP contribution in [-0.2, 0) is 23.5 Å². The zero-order valence-electron chi connectivity index (χ0n) is 11.9. The Kier molecular flexibility index (Phi) is 6.96. The molecule has 0 N–H and O–H groups in total. The number of methoxy groups -OCH3 is 2. The van der Waals surface area contributed by atoms with E-state index in [1.165, 1.54) is 0 Å². The molecule has 0 saturated carbocycles. The third-order valence-corrected chi connectivity index (χ3v) is 107. The van der Waals surface area contributed by atoms with E-state index in [1.54, 1.807) is 14.2 Å². The van der Waals surface area contributed by atoms with Crippen molar-refractivity contribution in [2.45, 2.75) is 4.49 Å². The van der Waals surface area contributed by atoms with Gasteiger partial charge in [-0.2, -0.15) is 0 Å². The van der Waals surface area contributed by atoms with Crippen molar-refractivity contribution in [2.24, 2.45) is 0 Å². The molecule has 0 aromatic rings. The number of rotatable bonds is 6. The summed E-state index contributed by atoms with van der Waals surface area (Å²) in [6.45, 7) is 15.1. The maximum atomic E-state index is 7.26. The average molecular weight is 463 g/mol. The van der Waals surface area contributed by atoms with E-state index in [0.29, 0.717) is 6.61 Å². The van der Waals surface area contributed by atoms with Crippen LogP contribution in [0.3, 0.4) is 0 Å². The molecule has 0 aromatic heterocycles. The predicted octanol–water partition coefficient (Wildman–Crippen LogP) is 3.02. The van der Waals surface area contributed by atoms with Crippen molar-refractivity contribution in [3.05, 3.63) is 0 Å². The Morgan fingerprint density at radius 2 is 1.38 bits per heavy atom. The monoisotopic (exact) mass is 462 g/mol. The molecule has 0 aliphatic heterocycles. The minimum absolute atomic E-state index is 0.206. The zero-order valence-corrected chi connectivity index (χ0v) is 17.6. The summed E-state index contributed by atoms with van der Waals surface area (Å²) in [6, 6.07) is 0. The first kappa shape index (κ1) is 17.8. The first-order chi connectivity index (χ1) is 7.02. The van der Waals surface area contributed by atoms with Gasteiger partial charge in [0.15, 0.2) is 0 Å². The van der Waals surface area contributed by atoms with Gasteiger partial charge in [-0.25, -0.2) is 0 Å². The zero-order chi connectivity index (χ0) is 13.2. The van der Waals surface area contributed by atoms with Gasteiger partial charge in [0.1, 0.15) is 0 Å². The van der Waals surface area contributed by atoms with Crippen LogP contribution in [0.25, 0.3) is 0 Å². The molecular formula is C10H29ClO2P2W. The summed E-state index contributed by atoms with van der Waals surface area (Å²) in [5.41, 5.74) is 0. The van der Waals surface area contributed by atoms with Crippen molar-refractivity contribution in [3.8, 4) is 0 Å². The van der Waals surface area contributed by atoms with Crippen molar-refractivity contribution in [2.75, 3.05) is 60.8 Å². The van der Waals surface area contributed by atoms with Gasteiger partial charge in [0.2, 0.25) is 0 Å². The van der Waals surface area contributed by atoms with E-state index in [1.807, 2.05) is 0 Å². The van der Waals surface area contributed by atoms with E-state index in [2.05, 4.69) is 40.0 Å². The maximum absolute atomic E-state index is 7.26. The summed E-state index contributed by atoms with van der Waals surface area (Å²) in [6.07, 6.45) is 0. The SMILES string of the molecule is COC[CH](OC)[W]([Cl])([PH](C)(C)C)[PH](C)(C)C. The van der Waals surface area contributed by atoms with Crippen LogP contribution in [0.15, 0.2) is 0 Å². The summed E-state index contributed by atoms with van der Waals surface area (Å²) in [7, 11) is 10.8. The number of hydrogen-bond donors (Lipinski definition) is 0. The van der Waals surface area contributed by atoms with Gasteiger partial charge < -0.3 is 0 Å². The molecule has 0 spiro atoms. The Morgan fingerprint density at radius 1 is 1.00 bits per heavy atom. The molecule has 16 heavy (non-hydrogen) atoms. The summed E-state index contributed by atoms with van der Waals surface area (Å²) >= 11 is -2.75. The molecule has 0 bridgehead atoms. The Morgan fingerprint density at radius 3 is 1.56 bits per heavy atom. The van der Waals surface area contributed by atoms with Gasteiger partial charge in [-0.1, -0.05) is 0 Å². The molecule has 1 atom stereocenters. The molecule has 0 fully saturated rings. The molecule has 0 rings (SSSR count). The Hall–Kier alpha value is 1.76. The molecule has 1 unspecified atom stereocenters. The topological polar surface area (TPSA) is 18.5 Å². The second-order valence-corrected chi connectivity index (χ2v) is 68.9. The summed E-state index contributed by atoms with van der Waals surface area (Å²) < 4.78 is 11.2. The number of hydrogen-bond acceptors (Lipinski definition) is 2. The minimum atomic E-state index is -2.75. The van der Waals surface area contributed by atoms with Gasteiger partial charge in [-0.05, 0) is 0 Å². The second-order valence-electron chi connectivity index (χ2n) is 5.93. The Labute approximate surface area is 109 Å². The number of ether oxygens (including phenoxy) is 2. The first-order valence-electron chi connectivity index (χ1n) is 5.55.